The maximum Gasteiger partial charge on any atom is 0.171 e. The Kier molecular flexibility index (Phi) is 4.37. The monoisotopic (exact) mass is 390 g/mol. The average Bonchev–Trinajstić information content (AvgIpc) is 2.96. The Bertz CT molecular complexity index is 808. The van der Waals surface area contributed by atoms with E-state index in [2.05, 4.69) is 26.6 Å². The first-order valence-corrected chi connectivity index (χ1v) is 8.30. The van der Waals surface area contributed by atoms with Crippen molar-refractivity contribution >= 4 is 39.0 Å². The number of hydrogen-bond acceptors (Lipinski definition) is 3. The number of ketones is 1. The second kappa shape index (κ2) is 6.29. The smallest absolute Gasteiger partial charge is 0.171 e. The molecule has 0 spiro atoms. The molecule has 0 saturated carbocycles. The molecule has 23 heavy (non-hydrogen) atoms. The number of rotatable bonds is 3. The topological polar surface area (TPSA) is 54.3 Å². The molecule has 0 unspecified atom stereocenters. The van der Waals surface area contributed by atoms with Gasteiger partial charge in [-0.1, -0.05) is 28.1 Å². The summed E-state index contributed by atoms with van der Waals surface area (Å²) in [5.41, 5.74) is 2.36. The van der Waals surface area contributed by atoms with Crippen molar-refractivity contribution in [1.82, 2.24) is 10.6 Å². The van der Waals surface area contributed by atoms with Gasteiger partial charge in [-0.3, -0.25) is 4.79 Å². The van der Waals surface area contributed by atoms with Crippen molar-refractivity contribution < 1.29 is 9.21 Å². The van der Waals surface area contributed by atoms with E-state index in [1.165, 1.54) is 0 Å². The van der Waals surface area contributed by atoms with Gasteiger partial charge >= 0.3 is 0 Å². The lowest BCUT2D eigenvalue weighted by Crippen LogP contribution is -2.44. The quantitative estimate of drug-likeness (QED) is 0.772. The summed E-state index contributed by atoms with van der Waals surface area (Å²) in [6, 6.07) is 11.3. The molecule has 0 fully saturated rings. The molecular weight excluding hydrogens is 376 g/mol. The summed E-state index contributed by atoms with van der Waals surface area (Å²) in [5.74, 6) is 1.40. The fourth-order valence-corrected chi connectivity index (χ4v) is 3.19. The van der Waals surface area contributed by atoms with Gasteiger partial charge in [-0.15, -0.1) is 0 Å². The molecule has 1 aromatic carbocycles. The minimum absolute atomic E-state index is 0.0170. The molecule has 0 saturated heterocycles. The van der Waals surface area contributed by atoms with Crippen LogP contribution in [-0.4, -0.2) is 10.9 Å². The number of hydrogen-bond donors (Lipinski definition) is 2. The molecule has 3 rings (SSSR count). The first kappa shape index (κ1) is 16.0. The molecule has 118 valence electrons. The van der Waals surface area contributed by atoms with Crippen LogP contribution in [0.15, 0.2) is 56.6 Å². The molecule has 1 aliphatic rings. The van der Waals surface area contributed by atoms with E-state index in [9.17, 15) is 4.79 Å². The highest BCUT2D eigenvalue weighted by Gasteiger charge is 2.30. The molecule has 4 nitrogen and oxygen atoms in total. The Morgan fingerprint density at radius 2 is 1.91 bits per heavy atom. The van der Waals surface area contributed by atoms with Crippen molar-refractivity contribution in [2.75, 3.05) is 0 Å². The maximum absolute atomic E-state index is 12.0. The maximum atomic E-state index is 12.0. The first-order valence-electron chi connectivity index (χ1n) is 7.10. The minimum Gasteiger partial charge on any atom is -0.459 e. The van der Waals surface area contributed by atoms with E-state index in [1.54, 1.807) is 6.92 Å². The average molecular weight is 391 g/mol. The first-order chi connectivity index (χ1) is 11.0. The fourth-order valence-electron chi connectivity index (χ4n) is 2.65. The Morgan fingerprint density at radius 3 is 2.57 bits per heavy atom. The second-order valence-corrected chi connectivity index (χ2v) is 6.66. The molecule has 0 amide bonds. The third-order valence-electron chi connectivity index (χ3n) is 3.69. The molecule has 2 heterocycles. The Hall–Kier alpha value is -1.92. The van der Waals surface area contributed by atoms with E-state index in [1.807, 2.05) is 43.3 Å². The van der Waals surface area contributed by atoms with Crippen LogP contribution in [0.3, 0.4) is 0 Å². The number of halogens is 1. The third-order valence-corrected chi connectivity index (χ3v) is 4.44. The van der Waals surface area contributed by atoms with Crippen LogP contribution in [0.2, 0.25) is 0 Å². The summed E-state index contributed by atoms with van der Waals surface area (Å²) in [5, 5.41) is 6.58. The highest BCUT2D eigenvalue weighted by atomic mass is 79.9. The Morgan fingerprint density at radius 1 is 1.22 bits per heavy atom. The van der Waals surface area contributed by atoms with Crippen molar-refractivity contribution in [3.63, 3.8) is 0 Å². The van der Waals surface area contributed by atoms with E-state index in [0.29, 0.717) is 16.4 Å². The van der Waals surface area contributed by atoms with Gasteiger partial charge in [0.2, 0.25) is 0 Å². The van der Waals surface area contributed by atoms with Crippen molar-refractivity contribution in [2.45, 2.75) is 19.9 Å². The molecule has 2 aromatic rings. The van der Waals surface area contributed by atoms with Gasteiger partial charge in [-0.25, -0.2) is 0 Å². The van der Waals surface area contributed by atoms with Crippen LogP contribution >= 0.6 is 28.1 Å². The van der Waals surface area contributed by atoms with Crippen molar-refractivity contribution in [1.29, 1.82) is 0 Å². The van der Waals surface area contributed by atoms with E-state index in [-0.39, 0.29) is 11.8 Å². The lowest BCUT2D eigenvalue weighted by molar-refractivity contribution is -0.114. The zero-order valence-corrected chi connectivity index (χ0v) is 15.0. The van der Waals surface area contributed by atoms with Gasteiger partial charge in [0, 0.05) is 21.3 Å². The molecular formula is C17H15BrN2O2S. The van der Waals surface area contributed by atoms with Crippen LogP contribution in [0.1, 0.15) is 25.6 Å². The van der Waals surface area contributed by atoms with Crippen molar-refractivity contribution in [3.8, 4) is 11.3 Å². The molecule has 0 radical (unpaired) electrons. The van der Waals surface area contributed by atoms with E-state index >= 15 is 0 Å². The normalized spacial score (nSPS) is 17.7. The molecule has 6 heteroatoms. The van der Waals surface area contributed by atoms with Gasteiger partial charge in [0.15, 0.2) is 10.9 Å². The predicted molar refractivity (Wildman–Crippen MR) is 96.8 cm³/mol. The number of Topliss-reactive ketones (excluding diaryl/α,β-unsaturated/α-hetero) is 1. The molecule has 0 bridgehead atoms. The summed E-state index contributed by atoms with van der Waals surface area (Å²) in [6.07, 6.45) is 0. The van der Waals surface area contributed by atoms with E-state index in [4.69, 9.17) is 16.6 Å². The predicted octanol–water partition coefficient (Wildman–Crippen LogP) is 4.09. The number of benzene rings is 1. The zero-order chi connectivity index (χ0) is 16.6. The van der Waals surface area contributed by atoms with Gasteiger partial charge in [0.1, 0.15) is 17.6 Å². The summed E-state index contributed by atoms with van der Waals surface area (Å²) in [6.45, 7) is 3.39. The highest BCUT2D eigenvalue weighted by Crippen LogP contribution is 2.32. The number of nitrogens with one attached hydrogen (secondary N) is 2. The second-order valence-electron chi connectivity index (χ2n) is 5.34. The van der Waals surface area contributed by atoms with Gasteiger partial charge < -0.3 is 15.1 Å². The van der Waals surface area contributed by atoms with Crippen LogP contribution < -0.4 is 10.6 Å². The molecule has 1 aromatic heterocycles. The number of allylic oxidation sites excluding steroid dienone is 1. The van der Waals surface area contributed by atoms with Crippen molar-refractivity contribution in [3.05, 3.63) is 57.9 Å². The number of furan rings is 1. The van der Waals surface area contributed by atoms with E-state index < -0.39 is 0 Å². The summed E-state index contributed by atoms with van der Waals surface area (Å²) in [4.78, 5) is 12.0. The SMILES string of the molecule is CC(=O)C1=C(C)NC(=S)N[C@@H]1c1ccc(-c2ccc(Br)cc2)o1. The Labute approximate surface area is 148 Å². The third kappa shape index (κ3) is 3.23. The van der Waals surface area contributed by atoms with Gasteiger partial charge in [-0.2, -0.15) is 0 Å². The molecule has 1 atom stereocenters. The van der Waals surface area contributed by atoms with Crippen molar-refractivity contribution in [2.24, 2.45) is 0 Å². The summed E-state index contributed by atoms with van der Waals surface area (Å²) in [7, 11) is 0. The zero-order valence-electron chi connectivity index (χ0n) is 12.6. The van der Waals surface area contributed by atoms with Crippen LogP contribution in [-0.2, 0) is 4.79 Å². The van der Waals surface area contributed by atoms with Gasteiger partial charge in [0.25, 0.3) is 0 Å². The van der Waals surface area contributed by atoms with Crippen LogP contribution in [0.4, 0.5) is 0 Å². The summed E-state index contributed by atoms with van der Waals surface area (Å²) >= 11 is 8.62. The lowest BCUT2D eigenvalue weighted by Gasteiger charge is -2.28. The van der Waals surface area contributed by atoms with Gasteiger partial charge in [0.05, 0.1) is 0 Å². The molecule has 0 aliphatic carbocycles. The van der Waals surface area contributed by atoms with Crippen LogP contribution in [0.25, 0.3) is 11.3 Å². The lowest BCUT2D eigenvalue weighted by atomic mass is 9.98. The van der Waals surface area contributed by atoms with Crippen LogP contribution in [0, 0.1) is 0 Å². The molecule has 2 N–H and O–H groups in total. The standard InChI is InChI=1S/C17H15BrN2O2S/c1-9-15(10(2)21)16(20-17(23)19-9)14-8-7-13(22-14)11-3-5-12(18)6-4-11/h3-8,16H,1-2H3,(H2,19,20,23)/t16-/m1/s1. The molecule has 1 aliphatic heterocycles. The fraction of sp³-hybridized carbons (Fsp3) is 0.176. The Balaban J connectivity index is 1.98. The number of thiocarbonyl (C=S) groups is 1. The highest BCUT2D eigenvalue weighted by molar-refractivity contribution is 9.10. The van der Waals surface area contributed by atoms with E-state index in [0.717, 1.165) is 21.5 Å². The van der Waals surface area contributed by atoms with Crippen LogP contribution in [0.5, 0.6) is 0 Å². The largest absolute Gasteiger partial charge is 0.459 e. The number of carbonyl (C=O) groups is 1. The minimum atomic E-state index is -0.370. The summed E-state index contributed by atoms with van der Waals surface area (Å²) < 4.78 is 6.98. The van der Waals surface area contributed by atoms with Gasteiger partial charge in [-0.05, 0) is 50.3 Å². The number of carbonyl (C=O) groups excluding carboxylic acids is 1.